The third-order valence-corrected chi connectivity index (χ3v) is 6.12. The summed E-state index contributed by atoms with van der Waals surface area (Å²) in [5.74, 6) is -1.12. The van der Waals surface area contributed by atoms with E-state index < -0.39 is 30.1 Å². The zero-order chi connectivity index (χ0) is 24.9. The molecule has 4 atom stereocenters. The number of rotatable bonds is 8. The summed E-state index contributed by atoms with van der Waals surface area (Å²) >= 11 is 0. The minimum Gasteiger partial charge on any atom is -0.380 e. The van der Waals surface area contributed by atoms with Crippen molar-refractivity contribution in [3.8, 4) is 5.69 Å². The highest BCUT2D eigenvalue weighted by molar-refractivity contribution is 5.91. The van der Waals surface area contributed by atoms with E-state index in [9.17, 15) is 19.8 Å². The summed E-state index contributed by atoms with van der Waals surface area (Å²) in [5.41, 5.74) is 2.29. The molecule has 1 aromatic carbocycles. The van der Waals surface area contributed by atoms with E-state index >= 15 is 0 Å². The number of anilines is 1. The molecule has 0 unspecified atom stereocenters. The largest absolute Gasteiger partial charge is 0.380 e. The predicted molar refractivity (Wildman–Crippen MR) is 127 cm³/mol. The maximum Gasteiger partial charge on any atom is 0.255 e. The highest BCUT2D eigenvalue weighted by atomic mass is 16.3. The Bertz CT molecular complexity index is 1150. The summed E-state index contributed by atoms with van der Waals surface area (Å²) < 4.78 is 1.71. The molecule has 1 fully saturated rings. The minimum absolute atomic E-state index is 0.366. The zero-order valence-electron chi connectivity index (χ0n) is 19.6. The number of hydrogen-bond donors (Lipinski definition) is 4. The molecule has 0 aliphatic carbocycles. The molecule has 11 nitrogen and oxygen atoms in total. The van der Waals surface area contributed by atoms with E-state index in [-0.39, 0.29) is 6.04 Å². The lowest BCUT2D eigenvalue weighted by Gasteiger charge is -2.28. The van der Waals surface area contributed by atoms with Crippen LogP contribution in [0.4, 0.5) is 5.95 Å². The average molecular weight is 480 g/mol. The number of carbonyl (C=O) groups is 2. The van der Waals surface area contributed by atoms with Crippen molar-refractivity contribution >= 4 is 17.8 Å². The van der Waals surface area contributed by atoms with E-state index in [1.807, 2.05) is 36.5 Å². The molecule has 184 valence electrons. The number of benzene rings is 1. The van der Waals surface area contributed by atoms with Crippen LogP contribution in [-0.2, 0) is 9.59 Å². The van der Waals surface area contributed by atoms with E-state index in [4.69, 9.17) is 0 Å². The molecule has 3 aromatic rings. The molecule has 2 aromatic heterocycles. The molecule has 11 heteroatoms. The van der Waals surface area contributed by atoms with Gasteiger partial charge in [0.25, 0.3) is 11.8 Å². The summed E-state index contributed by atoms with van der Waals surface area (Å²) in [5, 5.41) is 30.7. The minimum atomic E-state index is -1.91. The number of nitrogens with one attached hydrogen (secondary N) is 2. The van der Waals surface area contributed by atoms with Gasteiger partial charge in [-0.1, -0.05) is 12.1 Å². The molecular formula is C24H29N7O4. The van der Waals surface area contributed by atoms with Gasteiger partial charge in [0.2, 0.25) is 5.95 Å². The Morgan fingerprint density at radius 1 is 1.11 bits per heavy atom. The van der Waals surface area contributed by atoms with Crippen molar-refractivity contribution < 1.29 is 19.8 Å². The van der Waals surface area contributed by atoms with Crippen LogP contribution in [0.25, 0.3) is 5.69 Å². The third kappa shape index (κ3) is 5.31. The van der Waals surface area contributed by atoms with Gasteiger partial charge in [-0.2, -0.15) is 5.10 Å². The lowest BCUT2D eigenvalue weighted by atomic mass is 10.1. The third-order valence-electron chi connectivity index (χ3n) is 6.12. The molecular weight excluding hydrogens is 450 g/mol. The van der Waals surface area contributed by atoms with E-state index in [0.29, 0.717) is 24.6 Å². The summed E-state index contributed by atoms with van der Waals surface area (Å²) in [6.45, 7) is 2.15. The summed E-state index contributed by atoms with van der Waals surface area (Å²) in [4.78, 5) is 35.6. The van der Waals surface area contributed by atoms with Crippen LogP contribution in [0.5, 0.6) is 0 Å². The number of likely N-dealkylation sites (tertiary alicyclic amines) is 1. The van der Waals surface area contributed by atoms with Crippen LogP contribution in [-0.4, -0.2) is 72.5 Å². The second kappa shape index (κ2) is 10.6. The molecule has 1 aliphatic rings. The fourth-order valence-electron chi connectivity index (χ4n) is 4.18. The first-order valence-electron chi connectivity index (χ1n) is 11.5. The Labute approximate surface area is 202 Å². The SMILES string of the molecule is CNc1nccc([C@H]2CCCN2C(=O)[C@H](O)[C@@H](O)C(=O)N[C@H](C)c2ccc(-n3cccn3)cc2)n1. The summed E-state index contributed by atoms with van der Waals surface area (Å²) in [6, 6.07) is 10.1. The highest BCUT2D eigenvalue weighted by Crippen LogP contribution is 2.31. The van der Waals surface area contributed by atoms with Gasteiger partial charge in [-0.3, -0.25) is 9.59 Å². The van der Waals surface area contributed by atoms with Gasteiger partial charge in [-0.15, -0.1) is 0 Å². The molecule has 0 spiro atoms. The highest BCUT2D eigenvalue weighted by Gasteiger charge is 2.39. The first kappa shape index (κ1) is 24.3. The molecule has 4 N–H and O–H groups in total. The Hall–Kier alpha value is -3.83. The number of aromatic nitrogens is 4. The van der Waals surface area contributed by atoms with Crippen molar-refractivity contribution in [1.82, 2.24) is 30.0 Å². The summed E-state index contributed by atoms with van der Waals surface area (Å²) in [6.07, 6.45) is 2.68. The van der Waals surface area contributed by atoms with Crippen LogP contribution < -0.4 is 10.6 Å². The van der Waals surface area contributed by atoms with E-state index in [0.717, 1.165) is 17.7 Å². The average Bonchev–Trinajstić information content (AvgIpc) is 3.60. The van der Waals surface area contributed by atoms with E-state index in [2.05, 4.69) is 25.7 Å². The van der Waals surface area contributed by atoms with Crippen LogP contribution in [0.3, 0.4) is 0 Å². The van der Waals surface area contributed by atoms with Crippen molar-refractivity contribution in [2.24, 2.45) is 0 Å². The van der Waals surface area contributed by atoms with E-state index in [1.165, 1.54) is 4.90 Å². The number of nitrogens with zero attached hydrogens (tertiary/aromatic N) is 5. The second-order valence-corrected chi connectivity index (χ2v) is 8.41. The lowest BCUT2D eigenvalue weighted by Crippen LogP contribution is -2.51. The Morgan fingerprint density at radius 3 is 2.57 bits per heavy atom. The second-order valence-electron chi connectivity index (χ2n) is 8.41. The van der Waals surface area contributed by atoms with Crippen LogP contribution in [0, 0.1) is 0 Å². The van der Waals surface area contributed by atoms with Crippen LogP contribution in [0.1, 0.15) is 43.1 Å². The predicted octanol–water partition coefficient (Wildman–Crippen LogP) is 0.967. The van der Waals surface area contributed by atoms with Gasteiger partial charge in [0.1, 0.15) is 0 Å². The summed E-state index contributed by atoms with van der Waals surface area (Å²) in [7, 11) is 1.70. The van der Waals surface area contributed by atoms with Crippen molar-refractivity contribution in [3.63, 3.8) is 0 Å². The van der Waals surface area contributed by atoms with E-state index in [1.54, 1.807) is 37.1 Å². The van der Waals surface area contributed by atoms with Crippen molar-refractivity contribution in [2.75, 3.05) is 18.9 Å². The number of amides is 2. The molecule has 0 bridgehead atoms. The number of carbonyl (C=O) groups excluding carboxylic acids is 2. The van der Waals surface area contributed by atoms with Gasteiger partial charge in [-0.05, 0) is 49.6 Å². The lowest BCUT2D eigenvalue weighted by molar-refractivity contribution is -0.154. The maximum atomic E-state index is 13.0. The smallest absolute Gasteiger partial charge is 0.255 e. The van der Waals surface area contributed by atoms with Crippen molar-refractivity contribution in [2.45, 2.75) is 44.1 Å². The fraction of sp³-hybridized carbons (Fsp3) is 0.375. The molecule has 0 saturated carbocycles. The molecule has 35 heavy (non-hydrogen) atoms. The first-order chi connectivity index (χ1) is 16.9. The fourth-order valence-corrected chi connectivity index (χ4v) is 4.18. The Balaban J connectivity index is 1.38. The molecule has 4 rings (SSSR count). The van der Waals surface area contributed by atoms with Crippen LogP contribution >= 0.6 is 0 Å². The Morgan fingerprint density at radius 2 is 1.89 bits per heavy atom. The van der Waals surface area contributed by atoms with Crippen LogP contribution in [0.2, 0.25) is 0 Å². The zero-order valence-corrected chi connectivity index (χ0v) is 19.6. The Kier molecular flexibility index (Phi) is 7.37. The monoisotopic (exact) mass is 479 g/mol. The molecule has 2 amide bonds. The molecule has 0 radical (unpaired) electrons. The van der Waals surface area contributed by atoms with Crippen molar-refractivity contribution in [3.05, 3.63) is 66.2 Å². The van der Waals surface area contributed by atoms with Gasteiger partial charge < -0.3 is 25.7 Å². The molecule has 3 heterocycles. The maximum absolute atomic E-state index is 13.0. The standard InChI is InChI=1S/C24H29N7O4/c1-15(16-6-8-17(9-7-16)31-14-4-11-27-31)28-22(34)20(32)21(33)23(35)30-13-3-5-19(30)18-10-12-26-24(25-2)29-18/h4,6-12,14-15,19-21,32-33H,3,5,13H2,1-2H3,(H,28,34)(H,25,26,29)/t15-,19-,20-,21-/m1/s1. The number of hydrogen-bond acceptors (Lipinski definition) is 8. The van der Waals surface area contributed by atoms with Crippen LogP contribution in [0.15, 0.2) is 55.0 Å². The first-order valence-corrected chi connectivity index (χ1v) is 11.5. The van der Waals surface area contributed by atoms with Gasteiger partial charge in [0.15, 0.2) is 12.2 Å². The quantitative estimate of drug-likeness (QED) is 0.374. The van der Waals surface area contributed by atoms with Gasteiger partial charge in [-0.25, -0.2) is 14.6 Å². The topological polar surface area (TPSA) is 146 Å². The molecule has 1 saturated heterocycles. The number of aliphatic hydroxyl groups excluding tert-OH is 2. The number of aliphatic hydroxyl groups is 2. The van der Waals surface area contributed by atoms with Gasteiger partial charge >= 0.3 is 0 Å². The molecule has 1 aliphatic heterocycles. The normalized spacial score (nSPS) is 18.1. The van der Waals surface area contributed by atoms with Crippen molar-refractivity contribution in [1.29, 1.82) is 0 Å². The van der Waals surface area contributed by atoms with Gasteiger partial charge in [0.05, 0.1) is 23.5 Å². The van der Waals surface area contributed by atoms with Gasteiger partial charge in [0, 0.05) is 32.2 Å².